The van der Waals surface area contributed by atoms with Gasteiger partial charge in [-0.05, 0) is 36.2 Å². The molecule has 2 amide bonds. The lowest BCUT2D eigenvalue weighted by molar-refractivity contribution is -0.144. The summed E-state index contributed by atoms with van der Waals surface area (Å²) >= 11 is 6.34. The maximum Gasteiger partial charge on any atom is 0.433 e. The number of hydrogen-bond acceptors (Lipinski definition) is 5. The summed E-state index contributed by atoms with van der Waals surface area (Å²) in [6.07, 6.45) is -12.0. The van der Waals surface area contributed by atoms with Crippen LogP contribution in [0.5, 0.6) is 0 Å². The van der Waals surface area contributed by atoms with Crippen LogP contribution in [0.2, 0.25) is 5.02 Å². The van der Waals surface area contributed by atoms with Crippen LogP contribution in [0.15, 0.2) is 66.7 Å². The van der Waals surface area contributed by atoms with E-state index in [2.05, 4.69) is 10.3 Å². The predicted molar refractivity (Wildman–Crippen MR) is 145 cm³/mol. The van der Waals surface area contributed by atoms with Gasteiger partial charge in [0.2, 0.25) is 11.8 Å². The number of nitrogens with zero attached hydrogens (tertiary/aromatic N) is 2. The number of halogens is 7. The van der Waals surface area contributed by atoms with Crippen molar-refractivity contribution in [3.8, 4) is 0 Å². The van der Waals surface area contributed by atoms with E-state index in [1.165, 1.54) is 53.4 Å². The molecule has 1 aromatic heterocycles. The lowest BCUT2D eigenvalue weighted by Gasteiger charge is -2.30. The molecule has 2 heterocycles. The van der Waals surface area contributed by atoms with Crippen LogP contribution in [0.25, 0.3) is 0 Å². The highest BCUT2D eigenvalue weighted by molar-refractivity contribution is 6.32. The van der Waals surface area contributed by atoms with Gasteiger partial charge in [0, 0.05) is 29.1 Å². The zero-order chi connectivity index (χ0) is 31.5. The van der Waals surface area contributed by atoms with E-state index >= 15 is 0 Å². The quantitative estimate of drug-likeness (QED) is 0.311. The first-order chi connectivity index (χ1) is 20.2. The van der Waals surface area contributed by atoms with E-state index < -0.39 is 72.9 Å². The molecule has 0 saturated carbocycles. The van der Waals surface area contributed by atoms with Crippen molar-refractivity contribution < 1.29 is 40.7 Å². The number of ketones is 1. The van der Waals surface area contributed by atoms with Gasteiger partial charge in [0.1, 0.15) is 17.6 Å². The average molecular weight is 627 g/mol. The zero-order valence-electron chi connectivity index (χ0n) is 22.3. The second-order valence-electron chi connectivity index (χ2n) is 9.98. The van der Waals surface area contributed by atoms with Crippen LogP contribution in [0.3, 0.4) is 0 Å². The molecule has 2 aromatic carbocycles. The number of pyridine rings is 1. The number of carbonyl (C=O) groups is 3. The fourth-order valence-corrected chi connectivity index (χ4v) is 5.27. The number of aromatic nitrogens is 1. The van der Waals surface area contributed by atoms with Crippen molar-refractivity contribution in [2.24, 2.45) is 11.7 Å². The maximum absolute atomic E-state index is 13.6. The van der Waals surface area contributed by atoms with Crippen molar-refractivity contribution in [2.45, 2.75) is 43.6 Å². The highest BCUT2D eigenvalue weighted by atomic mass is 35.5. The normalized spacial score (nSPS) is 17.0. The van der Waals surface area contributed by atoms with Gasteiger partial charge in [0.05, 0.1) is 18.4 Å². The van der Waals surface area contributed by atoms with E-state index in [4.69, 9.17) is 17.3 Å². The first-order valence-electron chi connectivity index (χ1n) is 13.0. The fraction of sp³-hybridized carbons (Fsp3) is 0.310. The van der Waals surface area contributed by atoms with Crippen LogP contribution in [0.1, 0.15) is 35.6 Å². The molecule has 0 fully saturated rings. The number of anilines is 2. The molecule has 1 aliphatic rings. The topological polar surface area (TPSA) is 105 Å². The monoisotopic (exact) mass is 626 g/mol. The third kappa shape index (κ3) is 7.64. The van der Waals surface area contributed by atoms with E-state index in [0.29, 0.717) is 0 Å². The molecule has 0 aliphatic carbocycles. The summed E-state index contributed by atoms with van der Waals surface area (Å²) in [7, 11) is 0. The molecular weight excluding hydrogens is 602 g/mol. The largest absolute Gasteiger partial charge is 0.433 e. The second-order valence-corrected chi connectivity index (χ2v) is 10.4. The van der Waals surface area contributed by atoms with Crippen molar-refractivity contribution in [1.82, 2.24) is 10.3 Å². The molecule has 3 atom stereocenters. The Labute approximate surface area is 247 Å². The lowest BCUT2D eigenvalue weighted by atomic mass is 9.81. The van der Waals surface area contributed by atoms with Crippen LogP contribution < -0.4 is 16.0 Å². The van der Waals surface area contributed by atoms with Crippen molar-refractivity contribution in [1.29, 1.82) is 0 Å². The Morgan fingerprint density at radius 1 is 1.00 bits per heavy atom. The molecule has 0 unspecified atom stereocenters. The third-order valence-electron chi connectivity index (χ3n) is 7.05. The van der Waals surface area contributed by atoms with Gasteiger partial charge in [-0.15, -0.1) is 0 Å². The van der Waals surface area contributed by atoms with Crippen LogP contribution in [0, 0.1) is 5.92 Å². The minimum Gasteiger partial charge on any atom is -0.369 e. The SMILES string of the molecule is NC(=O)[C@@H](c1ccccc1)[C@@H](CCC(F)(F)F)C(=O)N[C@H]1CN(c2cccc(C(F)(F)F)n2)c2cccc(Cl)c2CC1=O. The summed E-state index contributed by atoms with van der Waals surface area (Å²) in [4.78, 5) is 44.5. The molecule has 4 rings (SSSR count). The molecule has 0 bridgehead atoms. The number of alkyl halides is 6. The van der Waals surface area contributed by atoms with Gasteiger partial charge in [0.25, 0.3) is 0 Å². The number of fused-ring (bicyclic) bond motifs is 1. The summed E-state index contributed by atoms with van der Waals surface area (Å²) in [6.45, 7) is -0.426. The predicted octanol–water partition coefficient (Wildman–Crippen LogP) is 5.73. The summed E-state index contributed by atoms with van der Waals surface area (Å²) in [5.74, 6) is -6.00. The Hall–Kier alpha value is -4.13. The Balaban J connectivity index is 1.73. The molecule has 3 aromatic rings. The first-order valence-corrected chi connectivity index (χ1v) is 13.4. The Morgan fingerprint density at radius 3 is 2.30 bits per heavy atom. The number of amides is 2. The van der Waals surface area contributed by atoms with Gasteiger partial charge in [-0.25, -0.2) is 4.98 Å². The smallest absolute Gasteiger partial charge is 0.369 e. The Morgan fingerprint density at radius 2 is 1.67 bits per heavy atom. The lowest BCUT2D eigenvalue weighted by Crippen LogP contribution is -2.50. The third-order valence-corrected chi connectivity index (χ3v) is 7.40. The number of hydrogen-bond donors (Lipinski definition) is 2. The number of primary amides is 1. The molecule has 7 nitrogen and oxygen atoms in total. The van der Waals surface area contributed by atoms with Crippen molar-refractivity contribution in [3.05, 3.63) is 88.6 Å². The van der Waals surface area contributed by atoms with Crippen LogP contribution in [-0.2, 0) is 27.0 Å². The van der Waals surface area contributed by atoms with E-state index in [1.807, 2.05) is 0 Å². The molecule has 1 aliphatic heterocycles. The standard InChI is InChI=1S/C29H25ClF6N4O3/c30-19-8-4-9-21-18(19)14-22(41)20(15-40(21)24-11-5-10-23(39-24)29(34,35)36)38-27(43)17(12-13-28(31,32)33)25(26(37)42)16-6-2-1-3-7-16/h1-11,17,20,25H,12-15H2,(H2,37,42)(H,38,43)/t17-,20+,25+/m1/s1. The molecule has 3 N–H and O–H groups in total. The number of Topliss-reactive ketones (excluding diaryl/α,β-unsaturated/α-hetero) is 1. The van der Waals surface area contributed by atoms with Crippen molar-refractivity contribution >= 4 is 40.7 Å². The van der Waals surface area contributed by atoms with Gasteiger partial charge in [-0.2, -0.15) is 26.3 Å². The van der Waals surface area contributed by atoms with Crippen molar-refractivity contribution in [2.75, 3.05) is 11.4 Å². The molecule has 43 heavy (non-hydrogen) atoms. The number of rotatable bonds is 8. The molecular formula is C29H25ClF6N4O3. The van der Waals surface area contributed by atoms with E-state index in [1.54, 1.807) is 6.07 Å². The van der Waals surface area contributed by atoms with Gasteiger partial charge in [-0.3, -0.25) is 14.4 Å². The maximum atomic E-state index is 13.6. The highest BCUT2D eigenvalue weighted by Gasteiger charge is 2.40. The highest BCUT2D eigenvalue weighted by Crippen LogP contribution is 2.37. The van der Waals surface area contributed by atoms with E-state index in [9.17, 15) is 40.7 Å². The summed E-state index contributed by atoms with van der Waals surface area (Å²) in [5, 5.41) is 2.59. The van der Waals surface area contributed by atoms with Crippen LogP contribution in [-0.4, -0.2) is 41.3 Å². The Bertz CT molecular complexity index is 1500. The van der Waals surface area contributed by atoms with Crippen molar-refractivity contribution in [3.63, 3.8) is 0 Å². The van der Waals surface area contributed by atoms with Gasteiger partial charge in [-0.1, -0.05) is 54.1 Å². The van der Waals surface area contributed by atoms with E-state index in [0.717, 1.165) is 12.1 Å². The minimum atomic E-state index is -4.78. The Kier molecular flexibility index (Phi) is 9.33. The molecule has 228 valence electrons. The number of carbonyl (C=O) groups excluding carboxylic acids is 3. The van der Waals surface area contributed by atoms with Crippen LogP contribution in [0.4, 0.5) is 37.8 Å². The zero-order valence-corrected chi connectivity index (χ0v) is 23.0. The molecule has 0 radical (unpaired) electrons. The summed E-state index contributed by atoms with van der Waals surface area (Å²) in [6, 6.07) is 13.8. The van der Waals surface area contributed by atoms with Crippen LogP contribution >= 0.6 is 11.6 Å². The van der Waals surface area contributed by atoms with Gasteiger partial charge in [0.15, 0.2) is 5.78 Å². The summed E-state index contributed by atoms with van der Waals surface area (Å²) in [5.41, 5.74) is 5.09. The number of nitrogens with one attached hydrogen (secondary N) is 1. The first kappa shape index (κ1) is 31.8. The fourth-order valence-electron chi connectivity index (χ4n) is 5.03. The number of benzene rings is 2. The molecule has 0 spiro atoms. The van der Waals surface area contributed by atoms with Gasteiger partial charge >= 0.3 is 12.4 Å². The number of nitrogens with two attached hydrogens (primary N) is 1. The van der Waals surface area contributed by atoms with E-state index in [-0.39, 0.29) is 34.1 Å². The summed E-state index contributed by atoms with van der Waals surface area (Å²) < 4.78 is 80.2. The average Bonchev–Trinajstić information content (AvgIpc) is 3.07. The van der Waals surface area contributed by atoms with Gasteiger partial charge < -0.3 is 16.0 Å². The second kappa shape index (κ2) is 12.6. The minimum absolute atomic E-state index is 0.135. The molecule has 14 heteroatoms. The molecule has 0 saturated heterocycles.